The third-order valence-corrected chi connectivity index (χ3v) is 12.0. The number of piperazine rings is 1. The standard InChI is InChI=1S/C42H76N4O5/c1-12-19-46-28-31(2)26-42(8,48-11)39(51-40-38(47)36(43(9)10)25-33(4)50-40)32(3)27-41(6,7)30-49-34(5)37(46)29-45-23-21-44(22-24-45)20-18-35-16-14-13-15-17-35/h13-17,31-34,36-40,47H,12,18-30H2,1-11H3/t31-,32-,33-,34+,36+,37+,38-,39-,40+,42-/m1/s1. The number of hydrogen-bond acceptors (Lipinski definition) is 9. The molecule has 0 radical (unpaired) electrons. The first-order chi connectivity index (χ1) is 24.1. The fraction of sp³-hybridized carbons (Fsp3) is 0.857. The Bertz CT molecular complexity index is 1130. The lowest BCUT2D eigenvalue weighted by Crippen LogP contribution is -2.58. The maximum Gasteiger partial charge on any atom is 0.185 e. The molecular formula is C42H76N4O5. The lowest BCUT2D eigenvalue weighted by Gasteiger charge is -2.47. The van der Waals surface area contributed by atoms with Crippen molar-refractivity contribution in [1.82, 2.24) is 19.6 Å². The van der Waals surface area contributed by atoms with Gasteiger partial charge in [-0.3, -0.25) is 9.80 Å². The highest BCUT2D eigenvalue weighted by atomic mass is 16.7. The van der Waals surface area contributed by atoms with E-state index in [9.17, 15) is 5.11 Å². The van der Waals surface area contributed by atoms with Crippen molar-refractivity contribution in [3.63, 3.8) is 0 Å². The molecule has 51 heavy (non-hydrogen) atoms. The first-order valence-corrected chi connectivity index (χ1v) is 20.2. The second kappa shape index (κ2) is 19.4. The number of methoxy groups -OCH3 is 1. The van der Waals surface area contributed by atoms with Crippen molar-refractivity contribution in [2.45, 2.75) is 136 Å². The number of likely N-dealkylation sites (N-methyl/N-ethyl adjacent to an activating group) is 1. The topological polar surface area (TPSA) is 70.1 Å². The van der Waals surface area contributed by atoms with Crippen molar-refractivity contribution in [3.05, 3.63) is 35.9 Å². The number of hydrogen-bond donors (Lipinski definition) is 1. The van der Waals surface area contributed by atoms with Gasteiger partial charge < -0.3 is 33.9 Å². The second-order valence-electron chi connectivity index (χ2n) is 17.8. The Kier molecular flexibility index (Phi) is 16.2. The van der Waals surface area contributed by atoms with Crippen LogP contribution in [0.1, 0.15) is 86.6 Å². The van der Waals surface area contributed by atoms with Crippen LogP contribution in [0.3, 0.4) is 0 Å². The summed E-state index contributed by atoms with van der Waals surface area (Å²) in [5, 5.41) is 11.5. The summed E-state index contributed by atoms with van der Waals surface area (Å²) in [6.07, 6.45) is 3.10. The van der Waals surface area contributed by atoms with E-state index in [0.717, 1.165) is 84.5 Å². The molecule has 3 saturated heterocycles. The summed E-state index contributed by atoms with van der Waals surface area (Å²) in [5.74, 6) is 0.493. The average molecular weight is 717 g/mol. The molecule has 9 heteroatoms. The Morgan fingerprint density at radius 3 is 2.24 bits per heavy atom. The van der Waals surface area contributed by atoms with Crippen molar-refractivity contribution >= 4 is 0 Å². The predicted molar refractivity (Wildman–Crippen MR) is 208 cm³/mol. The molecule has 294 valence electrons. The van der Waals surface area contributed by atoms with Gasteiger partial charge in [-0.25, -0.2) is 0 Å². The monoisotopic (exact) mass is 717 g/mol. The Labute approximate surface area is 312 Å². The van der Waals surface area contributed by atoms with Crippen LogP contribution in [-0.2, 0) is 25.4 Å². The lowest BCUT2D eigenvalue weighted by atomic mass is 9.75. The predicted octanol–water partition coefficient (Wildman–Crippen LogP) is 5.64. The third-order valence-electron chi connectivity index (χ3n) is 12.0. The average Bonchev–Trinajstić information content (AvgIpc) is 3.09. The first kappa shape index (κ1) is 42.6. The van der Waals surface area contributed by atoms with Crippen LogP contribution in [0.15, 0.2) is 30.3 Å². The highest BCUT2D eigenvalue weighted by molar-refractivity contribution is 5.15. The minimum Gasteiger partial charge on any atom is -0.386 e. The Balaban J connectivity index is 1.52. The first-order valence-electron chi connectivity index (χ1n) is 20.2. The maximum atomic E-state index is 11.5. The number of aliphatic hydroxyl groups excluding tert-OH is 1. The number of aliphatic hydroxyl groups is 1. The smallest absolute Gasteiger partial charge is 0.185 e. The highest BCUT2D eigenvalue weighted by Crippen LogP contribution is 2.39. The van der Waals surface area contributed by atoms with Crippen LogP contribution in [-0.4, -0.2) is 153 Å². The molecule has 4 rings (SSSR count). The van der Waals surface area contributed by atoms with E-state index in [1.165, 1.54) is 5.56 Å². The molecule has 9 nitrogen and oxygen atoms in total. The molecule has 3 heterocycles. The molecule has 0 spiro atoms. The van der Waals surface area contributed by atoms with Crippen LogP contribution >= 0.6 is 0 Å². The quantitative estimate of drug-likeness (QED) is 0.314. The van der Waals surface area contributed by atoms with Crippen LogP contribution in [0, 0.1) is 17.3 Å². The summed E-state index contributed by atoms with van der Waals surface area (Å²) >= 11 is 0. The van der Waals surface area contributed by atoms with Crippen molar-refractivity contribution < 1.29 is 24.1 Å². The zero-order valence-corrected chi connectivity index (χ0v) is 34.4. The molecule has 10 atom stereocenters. The van der Waals surface area contributed by atoms with Gasteiger partial charge in [-0.15, -0.1) is 0 Å². The number of nitrogens with zero attached hydrogens (tertiary/aromatic N) is 4. The van der Waals surface area contributed by atoms with Gasteiger partial charge in [0.1, 0.15) is 6.10 Å². The summed E-state index contributed by atoms with van der Waals surface area (Å²) in [7, 11) is 5.88. The molecule has 1 aromatic rings. The van der Waals surface area contributed by atoms with Crippen molar-refractivity contribution in [1.29, 1.82) is 0 Å². The molecule has 1 aromatic carbocycles. The molecule has 0 aromatic heterocycles. The fourth-order valence-corrected chi connectivity index (χ4v) is 9.29. The molecule has 0 bridgehead atoms. The van der Waals surface area contributed by atoms with Crippen molar-refractivity contribution in [3.8, 4) is 0 Å². The van der Waals surface area contributed by atoms with Crippen LogP contribution in [0.25, 0.3) is 0 Å². The second-order valence-corrected chi connectivity index (χ2v) is 17.8. The Morgan fingerprint density at radius 2 is 1.61 bits per heavy atom. The molecule has 0 amide bonds. The number of rotatable bonds is 11. The van der Waals surface area contributed by atoms with Crippen molar-refractivity contribution in [2.24, 2.45) is 17.3 Å². The molecular weight excluding hydrogens is 640 g/mol. The van der Waals surface area contributed by atoms with Gasteiger partial charge in [0.25, 0.3) is 0 Å². The van der Waals surface area contributed by atoms with Gasteiger partial charge in [-0.05, 0) is 96.3 Å². The molecule has 0 aliphatic carbocycles. The zero-order valence-electron chi connectivity index (χ0n) is 34.4. The Hall–Kier alpha value is -1.14. The maximum absolute atomic E-state index is 11.5. The molecule has 0 unspecified atom stereocenters. The number of benzene rings is 1. The summed E-state index contributed by atoms with van der Waals surface area (Å²) in [5.41, 5.74) is 0.766. The zero-order chi connectivity index (χ0) is 37.3. The van der Waals surface area contributed by atoms with Gasteiger partial charge in [0.2, 0.25) is 0 Å². The molecule has 3 aliphatic heterocycles. The van der Waals surface area contributed by atoms with E-state index in [1.807, 2.05) is 21.2 Å². The summed E-state index contributed by atoms with van der Waals surface area (Å²) < 4.78 is 26.7. The minimum atomic E-state index is -0.741. The highest BCUT2D eigenvalue weighted by Gasteiger charge is 2.47. The summed E-state index contributed by atoms with van der Waals surface area (Å²) in [4.78, 5) is 10.1. The molecule has 1 N–H and O–H groups in total. The van der Waals surface area contributed by atoms with Gasteiger partial charge in [-0.2, -0.15) is 0 Å². The van der Waals surface area contributed by atoms with Gasteiger partial charge in [-0.1, -0.05) is 65.0 Å². The van der Waals surface area contributed by atoms with Gasteiger partial charge in [0, 0.05) is 65.0 Å². The van der Waals surface area contributed by atoms with E-state index < -0.39 is 18.0 Å². The normalized spacial score (nSPS) is 37.1. The number of ether oxygens (including phenoxy) is 4. The Morgan fingerprint density at radius 1 is 0.941 bits per heavy atom. The molecule has 3 aliphatic rings. The molecule has 0 saturated carbocycles. The SMILES string of the molecule is CCCN1C[C@H](C)C[C@@](C)(OC)[C@H](O[C@@H]2O[C@H](C)C[C@H](N(C)C)[C@H]2O)[C@H](C)CC(C)(C)CO[C@@H](C)[C@@H]1CN1CCN(CCc2ccccc2)CC1. The van der Waals surface area contributed by atoms with E-state index >= 15 is 0 Å². The van der Waals surface area contributed by atoms with Crippen LogP contribution < -0.4 is 0 Å². The minimum absolute atomic E-state index is 0.00767. The van der Waals surface area contributed by atoms with E-state index in [2.05, 4.69) is 105 Å². The van der Waals surface area contributed by atoms with E-state index in [0.29, 0.717) is 18.6 Å². The van der Waals surface area contributed by atoms with E-state index in [-0.39, 0.29) is 35.7 Å². The largest absolute Gasteiger partial charge is 0.386 e. The van der Waals surface area contributed by atoms with Crippen LogP contribution in [0.5, 0.6) is 0 Å². The van der Waals surface area contributed by atoms with Gasteiger partial charge >= 0.3 is 0 Å². The van der Waals surface area contributed by atoms with Crippen LogP contribution in [0.2, 0.25) is 0 Å². The lowest BCUT2D eigenvalue weighted by molar-refractivity contribution is -0.298. The third kappa shape index (κ3) is 12.2. The summed E-state index contributed by atoms with van der Waals surface area (Å²) in [6, 6.07) is 11.1. The van der Waals surface area contributed by atoms with E-state index in [4.69, 9.17) is 18.9 Å². The molecule has 3 fully saturated rings. The van der Waals surface area contributed by atoms with Gasteiger partial charge in [0.05, 0.1) is 30.5 Å². The van der Waals surface area contributed by atoms with Crippen LogP contribution in [0.4, 0.5) is 0 Å². The van der Waals surface area contributed by atoms with Gasteiger partial charge in [0.15, 0.2) is 6.29 Å². The fourth-order valence-electron chi connectivity index (χ4n) is 9.29. The van der Waals surface area contributed by atoms with Crippen molar-refractivity contribution in [2.75, 3.05) is 80.2 Å². The summed E-state index contributed by atoms with van der Waals surface area (Å²) in [6.45, 7) is 27.5. The van der Waals surface area contributed by atoms with E-state index in [1.54, 1.807) is 0 Å².